The molecule has 0 nitrogen and oxygen atoms in total. The summed E-state index contributed by atoms with van der Waals surface area (Å²) in [5.41, 5.74) is 1.21. The van der Waals surface area contributed by atoms with Gasteiger partial charge in [-0.3, -0.25) is 0 Å². The van der Waals surface area contributed by atoms with Crippen molar-refractivity contribution in [1.82, 2.24) is 0 Å². The Labute approximate surface area is 78.8 Å². The second kappa shape index (κ2) is 3.81. The molecule has 0 heterocycles. The molecule has 1 aliphatic rings. The van der Waals surface area contributed by atoms with Crippen LogP contribution in [0.25, 0.3) is 0 Å². The van der Waals surface area contributed by atoms with Gasteiger partial charge in [0.2, 0.25) is 0 Å². The molecule has 1 fully saturated rings. The first-order chi connectivity index (χ1) is 4.91. The molecule has 0 amide bonds. The van der Waals surface area contributed by atoms with Crippen LogP contribution in [0.1, 0.15) is 67.2 Å². The lowest BCUT2D eigenvalue weighted by atomic mass is 9.74. The quantitative estimate of drug-likeness (QED) is 0.538. The van der Waals surface area contributed by atoms with Gasteiger partial charge in [0.05, 0.1) is 0 Å². The second-order valence-electron chi connectivity index (χ2n) is 5.76. The molecule has 0 heteroatoms. The molecule has 1 saturated carbocycles. The molecule has 0 atom stereocenters. The van der Waals surface area contributed by atoms with Crippen molar-refractivity contribution in [3.05, 3.63) is 0 Å². The van der Waals surface area contributed by atoms with E-state index >= 15 is 0 Å². The van der Waals surface area contributed by atoms with Crippen LogP contribution in [0, 0.1) is 10.8 Å². The van der Waals surface area contributed by atoms with Gasteiger partial charge in [-0.25, -0.2) is 0 Å². The van der Waals surface area contributed by atoms with Gasteiger partial charge in [-0.1, -0.05) is 48.0 Å². The average molecular weight is 170 g/mol. The molecule has 1 rings (SSSR count). The summed E-state index contributed by atoms with van der Waals surface area (Å²) in [4.78, 5) is 0. The molecule has 1 aliphatic carbocycles. The summed E-state index contributed by atoms with van der Waals surface area (Å²) in [5, 5.41) is 0. The van der Waals surface area contributed by atoms with Crippen LogP contribution in [0.3, 0.4) is 0 Å². The van der Waals surface area contributed by atoms with Crippen molar-refractivity contribution in [3.63, 3.8) is 0 Å². The molecular weight excluding hydrogens is 144 g/mol. The zero-order chi connectivity index (χ0) is 8.54. The molecule has 0 unspecified atom stereocenters. The first kappa shape index (κ1) is 12.0. The van der Waals surface area contributed by atoms with Crippen LogP contribution in [-0.2, 0) is 0 Å². The molecule has 0 spiro atoms. The zero-order valence-corrected chi connectivity index (χ0v) is 8.54. The molecule has 0 N–H and O–H groups in total. The smallest absolute Gasteiger partial charge is 0.0321 e. The average Bonchev–Trinajstić information content (AvgIpc) is 2.09. The fourth-order valence-electron chi connectivity index (χ4n) is 2.69. The van der Waals surface area contributed by atoms with E-state index in [-0.39, 0.29) is 7.43 Å². The first-order valence-corrected chi connectivity index (χ1v) is 4.91. The van der Waals surface area contributed by atoms with Crippen LogP contribution in [0.15, 0.2) is 0 Å². The van der Waals surface area contributed by atoms with Crippen molar-refractivity contribution in [2.24, 2.45) is 10.8 Å². The summed E-state index contributed by atoms with van der Waals surface area (Å²) in [6.07, 6.45) is 7.26. The van der Waals surface area contributed by atoms with E-state index in [9.17, 15) is 0 Å². The van der Waals surface area contributed by atoms with E-state index in [1.807, 2.05) is 0 Å². The van der Waals surface area contributed by atoms with Gasteiger partial charge in [-0.15, -0.1) is 0 Å². The van der Waals surface area contributed by atoms with Crippen LogP contribution in [0.5, 0.6) is 0 Å². The van der Waals surface area contributed by atoms with Crippen molar-refractivity contribution in [2.75, 3.05) is 0 Å². The van der Waals surface area contributed by atoms with Gasteiger partial charge in [0, 0.05) is 0 Å². The third-order valence-electron chi connectivity index (χ3n) is 2.77. The summed E-state index contributed by atoms with van der Waals surface area (Å²) < 4.78 is 0. The number of hydrogen-bond donors (Lipinski definition) is 0. The second-order valence-corrected chi connectivity index (χ2v) is 5.76. The van der Waals surface area contributed by atoms with E-state index < -0.39 is 0 Å². The van der Waals surface area contributed by atoms with Gasteiger partial charge in [-0.2, -0.15) is 0 Å². The van der Waals surface area contributed by atoms with Crippen LogP contribution >= 0.6 is 0 Å². The fourth-order valence-corrected chi connectivity index (χ4v) is 2.69. The van der Waals surface area contributed by atoms with Crippen LogP contribution < -0.4 is 0 Å². The summed E-state index contributed by atoms with van der Waals surface area (Å²) in [6.45, 7) is 9.54. The van der Waals surface area contributed by atoms with E-state index in [1.54, 1.807) is 0 Å². The maximum atomic E-state index is 2.46. The minimum Gasteiger partial charge on any atom is -0.0776 e. The van der Waals surface area contributed by atoms with Crippen LogP contribution in [0.2, 0.25) is 0 Å². The fraction of sp³-hybridized carbons (Fsp3) is 1.00. The highest BCUT2D eigenvalue weighted by molar-refractivity contribution is 4.84. The Kier molecular flexibility index (Phi) is 3.81. The minimum atomic E-state index is 0. The maximum Gasteiger partial charge on any atom is -0.0321 e. The highest BCUT2D eigenvalue weighted by Crippen LogP contribution is 2.45. The maximum absolute atomic E-state index is 2.46. The lowest BCUT2D eigenvalue weighted by Crippen LogP contribution is -2.20. The van der Waals surface area contributed by atoms with E-state index in [0.29, 0.717) is 10.8 Å². The summed E-state index contributed by atoms with van der Waals surface area (Å²) >= 11 is 0. The Morgan fingerprint density at radius 3 is 1.83 bits per heavy atom. The predicted octanol–water partition coefficient (Wildman–Crippen LogP) is 4.64. The summed E-state index contributed by atoms with van der Waals surface area (Å²) in [6, 6.07) is 0. The third kappa shape index (κ3) is 3.60. The van der Waals surface area contributed by atoms with Crippen molar-refractivity contribution >= 4 is 0 Å². The topological polar surface area (TPSA) is 0 Å². The van der Waals surface area contributed by atoms with Crippen LogP contribution in [0.4, 0.5) is 0 Å². The summed E-state index contributed by atoms with van der Waals surface area (Å²) in [7, 11) is 0. The molecule has 0 saturated heterocycles. The van der Waals surface area contributed by atoms with E-state index in [4.69, 9.17) is 0 Å². The molecule has 0 bridgehead atoms. The molecule has 0 aliphatic heterocycles. The van der Waals surface area contributed by atoms with Gasteiger partial charge < -0.3 is 0 Å². The van der Waals surface area contributed by atoms with Crippen molar-refractivity contribution in [1.29, 1.82) is 0 Å². The Hall–Kier alpha value is 0. The normalized spacial score (nSPS) is 22.0. The Bertz CT molecular complexity index is 121. The van der Waals surface area contributed by atoms with E-state index in [2.05, 4.69) is 27.7 Å². The molecule has 0 aromatic rings. The molecule has 0 radical (unpaired) electrons. The monoisotopic (exact) mass is 170 g/mol. The highest BCUT2D eigenvalue weighted by atomic mass is 14.4. The molecule has 74 valence electrons. The zero-order valence-electron chi connectivity index (χ0n) is 8.54. The number of hydrogen-bond acceptors (Lipinski definition) is 0. The van der Waals surface area contributed by atoms with E-state index in [0.717, 1.165) is 0 Å². The van der Waals surface area contributed by atoms with Gasteiger partial charge in [0.1, 0.15) is 0 Å². The molecule has 12 heavy (non-hydrogen) atoms. The predicted molar refractivity (Wildman–Crippen MR) is 57.4 cm³/mol. The van der Waals surface area contributed by atoms with Gasteiger partial charge >= 0.3 is 0 Å². The largest absolute Gasteiger partial charge is 0.0776 e. The first-order valence-electron chi connectivity index (χ1n) is 4.91. The van der Waals surface area contributed by atoms with Gasteiger partial charge in [0.25, 0.3) is 0 Å². The van der Waals surface area contributed by atoms with Crippen molar-refractivity contribution in [3.8, 4) is 0 Å². The van der Waals surface area contributed by atoms with E-state index in [1.165, 1.54) is 32.1 Å². The standard InChI is InChI=1S/C11H22.CH4/c1-10(2,3)9-11(4)7-5-6-8-11;/h5-9H2,1-4H3;1H4. The molecular formula is C12H26. The minimum absolute atomic E-state index is 0. The third-order valence-corrected chi connectivity index (χ3v) is 2.77. The van der Waals surface area contributed by atoms with Crippen molar-refractivity contribution in [2.45, 2.75) is 67.2 Å². The van der Waals surface area contributed by atoms with Crippen molar-refractivity contribution < 1.29 is 0 Å². The Morgan fingerprint density at radius 1 is 1.08 bits per heavy atom. The Balaban J connectivity index is 0.00000121. The van der Waals surface area contributed by atoms with Gasteiger partial charge in [-0.05, 0) is 30.1 Å². The van der Waals surface area contributed by atoms with Gasteiger partial charge in [0.15, 0.2) is 0 Å². The highest BCUT2D eigenvalue weighted by Gasteiger charge is 2.32. The SMILES string of the molecule is C.CC(C)(C)CC1(C)CCCC1. The lowest BCUT2D eigenvalue weighted by Gasteiger charge is -2.31. The number of rotatable bonds is 1. The molecule has 0 aromatic carbocycles. The van der Waals surface area contributed by atoms with Crippen LogP contribution in [-0.4, -0.2) is 0 Å². The summed E-state index contributed by atoms with van der Waals surface area (Å²) in [5.74, 6) is 0. The molecule has 0 aromatic heterocycles. The lowest BCUT2D eigenvalue weighted by molar-refractivity contribution is 0.197. The Morgan fingerprint density at radius 2 is 1.50 bits per heavy atom.